The lowest BCUT2D eigenvalue weighted by Crippen LogP contribution is -1.96. The van der Waals surface area contributed by atoms with E-state index in [1.165, 1.54) is 6.20 Å². The van der Waals surface area contributed by atoms with Gasteiger partial charge in [0.25, 0.3) is 0 Å². The predicted octanol–water partition coefficient (Wildman–Crippen LogP) is 1.27. The lowest BCUT2D eigenvalue weighted by molar-refractivity contribution is 0.0691. The molecule has 0 atom stereocenters. The molecule has 15 heavy (non-hydrogen) atoms. The van der Waals surface area contributed by atoms with Gasteiger partial charge in [0.15, 0.2) is 5.69 Å². The topological polar surface area (TPSA) is 68.0 Å². The van der Waals surface area contributed by atoms with Gasteiger partial charge in [-0.2, -0.15) is 0 Å². The summed E-state index contributed by atoms with van der Waals surface area (Å²) in [5.74, 6) is -0.402. The second-order valence-corrected chi connectivity index (χ2v) is 3.06. The zero-order valence-corrected chi connectivity index (χ0v) is 8.08. The summed E-state index contributed by atoms with van der Waals surface area (Å²) in [5.41, 5.74) is 0.839. The monoisotopic (exact) mass is 203 g/mol. The van der Waals surface area contributed by atoms with E-state index in [9.17, 15) is 4.79 Å². The fourth-order valence-electron chi connectivity index (χ4n) is 1.33. The van der Waals surface area contributed by atoms with Crippen LogP contribution in [0.4, 0.5) is 0 Å². The first-order chi connectivity index (χ1) is 7.18. The van der Waals surface area contributed by atoms with Crippen LogP contribution < -0.4 is 0 Å². The standard InChI is InChI=1S/C10H9N3O2/c1-7-12-9(10(14)15)6-13(7)8-3-2-4-11-5-8/h2-6H,1H3,(H,14,15). The molecule has 0 saturated carbocycles. The van der Waals surface area contributed by atoms with Crippen LogP contribution in [0.3, 0.4) is 0 Å². The number of hydrogen-bond donors (Lipinski definition) is 1. The van der Waals surface area contributed by atoms with Crippen molar-refractivity contribution in [3.8, 4) is 5.69 Å². The minimum atomic E-state index is -1.03. The average Bonchev–Trinajstić information content (AvgIpc) is 2.62. The molecule has 2 heterocycles. The van der Waals surface area contributed by atoms with Crippen molar-refractivity contribution in [1.82, 2.24) is 14.5 Å². The molecule has 76 valence electrons. The van der Waals surface area contributed by atoms with E-state index in [4.69, 9.17) is 5.11 Å². The number of pyridine rings is 1. The van der Waals surface area contributed by atoms with Crippen molar-refractivity contribution in [2.45, 2.75) is 6.92 Å². The number of imidazole rings is 1. The van der Waals surface area contributed by atoms with Gasteiger partial charge in [-0.1, -0.05) is 0 Å². The van der Waals surface area contributed by atoms with Crippen LogP contribution >= 0.6 is 0 Å². The Balaban J connectivity index is 2.50. The molecule has 2 aromatic heterocycles. The normalized spacial score (nSPS) is 10.2. The third-order valence-corrected chi connectivity index (χ3v) is 2.03. The Hall–Kier alpha value is -2.17. The van der Waals surface area contributed by atoms with Crippen molar-refractivity contribution in [3.05, 3.63) is 42.2 Å². The van der Waals surface area contributed by atoms with Gasteiger partial charge in [0, 0.05) is 12.4 Å². The Kier molecular flexibility index (Phi) is 2.21. The van der Waals surface area contributed by atoms with Crippen LogP contribution in [0.5, 0.6) is 0 Å². The van der Waals surface area contributed by atoms with E-state index in [2.05, 4.69) is 9.97 Å². The first-order valence-electron chi connectivity index (χ1n) is 4.38. The first kappa shape index (κ1) is 9.39. The Labute approximate surface area is 86.0 Å². The molecule has 0 fully saturated rings. The predicted molar refractivity (Wildman–Crippen MR) is 53.1 cm³/mol. The Morgan fingerprint density at radius 2 is 2.33 bits per heavy atom. The second-order valence-electron chi connectivity index (χ2n) is 3.06. The molecule has 1 N–H and O–H groups in total. The summed E-state index contributed by atoms with van der Waals surface area (Å²) < 4.78 is 1.69. The van der Waals surface area contributed by atoms with Gasteiger partial charge in [0.1, 0.15) is 5.82 Å². The Morgan fingerprint density at radius 1 is 1.53 bits per heavy atom. The number of aryl methyl sites for hydroxylation is 1. The number of nitrogens with zero attached hydrogens (tertiary/aromatic N) is 3. The summed E-state index contributed by atoms with van der Waals surface area (Å²) in [6, 6.07) is 3.63. The number of carboxylic acid groups (broad SMARTS) is 1. The molecule has 0 spiro atoms. The molecule has 2 aromatic rings. The van der Waals surface area contributed by atoms with Crippen LogP contribution in [-0.4, -0.2) is 25.6 Å². The van der Waals surface area contributed by atoms with E-state index >= 15 is 0 Å². The van der Waals surface area contributed by atoms with Crippen LogP contribution in [0.1, 0.15) is 16.3 Å². The molecular weight excluding hydrogens is 194 g/mol. The highest BCUT2D eigenvalue weighted by atomic mass is 16.4. The van der Waals surface area contributed by atoms with Gasteiger partial charge in [-0.15, -0.1) is 0 Å². The smallest absolute Gasteiger partial charge is 0.356 e. The minimum absolute atomic E-state index is 0.0383. The fraction of sp³-hybridized carbons (Fsp3) is 0.100. The summed E-state index contributed by atoms with van der Waals surface area (Å²) in [7, 11) is 0. The van der Waals surface area contributed by atoms with Crippen LogP contribution in [0.25, 0.3) is 5.69 Å². The van der Waals surface area contributed by atoms with Gasteiger partial charge in [-0.05, 0) is 19.1 Å². The molecule has 0 aliphatic rings. The quantitative estimate of drug-likeness (QED) is 0.798. The summed E-state index contributed by atoms with van der Waals surface area (Å²) in [6.07, 6.45) is 4.79. The van der Waals surface area contributed by atoms with E-state index < -0.39 is 5.97 Å². The number of rotatable bonds is 2. The molecule has 0 aliphatic carbocycles. The summed E-state index contributed by atoms with van der Waals surface area (Å²) in [6.45, 7) is 1.75. The number of aromatic nitrogens is 3. The van der Waals surface area contributed by atoms with Gasteiger partial charge in [0.05, 0.1) is 11.9 Å². The highest BCUT2D eigenvalue weighted by Crippen LogP contribution is 2.10. The molecule has 5 nitrogen and oxygen atoms in total. The maximum absolute atomic E-state index is 10.7. The highest BCUT2D eigenvalue weighted by molar-refractivity contribution is 5.85. The van der Waals surface area contributed by atoms with Crippen molar-refractivity contribution in [1.29, 1.82) is 0 Å². The zero-order valence-electron chi connectivity index (χ0n) is 8.08. The number of hydrogen-bond acceptors (Lipinski definition) is 3. The Bertz CT molecular complexity index is 491. The van der Waals surface area contributed by atoms with E-state index in [-0.39, 0.29) is 5.69 Å². The van der Waals surface area contributed by atoms with Gasteiger partial charge >= 0.3 is 5.97 Å². The van der Waals surface area contributed by atoms with E-state index in [0.717, 1.165) is 5.69 Å². The highest BCUT2D eigenvalue weighted by Gasteiger charge is 2.10. The fourth-order valence-corrected chi connectivity index (χ4v) is 1.33. The van der Waals surface area contributed by atoms with Crippen molar-refractivity contribution < 1.29 is 9.90 Å². The van der Waals surface area contributed by atoms with Crippen LogP contribution in [0, 0.1) is 6.92 Å². The molecule has 2 rings (SSSR count). The Morgan fingerprint density at radius 3 is 2.87 bits per heavy atom. The number of aromatic carboxylic acids is 1. The van der Waals surface area contributed by atoms with Gasteiger partial charge in [0.2, 0.25) is 0 Å². The summed E-state index contributed by atoms with van der Waals surface area (Å²) >= 11 is 0. The van der Waals surface area contributed by atoms with Gasteiger partial charge < -0.3 is 9.67 Å². The minimum Gasteiger partial charge on any atom is -0.476 e. The zero-order chi connectivity index (χ0) is 10.8. The van der Waals surface area contributed by atoms with E-state index in [0.29, 0.717) is 5.82 Å². The molecule has 0 radical (unpaired) electrons. The SMILES string of the molecule is Cc1nc(C(=O)O)cn1-c1cccnc1. The van der Waals surface area contributed by atoms with Crippen molar-refractivity contribution in [2.75, 3.05) is 0 Å². The summed E-state index contributed by atoms with van der Waals surface area (Å²) in [4.78, 5) is 18.6. The molecule has 0 aliphatic heterocycles. The first-order valence-corrected chi connectivity index (χ1v) is 4.38. The van der Waals surface area contributed by atoms with Crippen LogP contribution in [-0.2, 0) is 0 Å². The molecular formula is C10H9N3O2. The maximum atomic E-state index is 10.7. The van der Waals surface area contributed by atoms with Crippen LogP contribution in [0.15, 0.2) is 30.7 Å². The molecule has 0 bridgehead atoms. The molecule has 0 unspecified atom stereocenters. The molecule has 0 aromatic carbocycles. The molecule has 0 saturated heterocycles. The maximum Gasteiger partial charge on any atom is 0.356 e. The largest absolute Gasteiger partial charge is 0.476 e. The van der Waals surface area contributed by atoms with Crippen LogP contribution in [0.2, 0.25) is 0 Å². The van der Waals surface area contributed by atoms with E-state index in [1.807, 2.05) is 6.07 Å². The molecule has 5 heteroatoms. The van der Waals surface area contributed by atoms with Gasteiger partial charge in [-0.3, -0.25) is 4.98 Å². The number of carboxylic acids is 1. The van der Waals surface area contributed by atoms with Crippen molar-refractivity contribution in [3.63, 3.8) is 0 Å². The lowest BCUT2D eigenvalue weighted by atomic mass is 10.4. The second kappa shape index (κ2) is 3.53. The number of carbonyl (C=O) groups is 1. The van der Waals surface area contributed by atoms with Crippen molar-refractivity contribution >= 4 is 5.97 Å². The van der Waals surface area contributed by atoms with Gasteiger partial charge in [-0.25, -0.2) is 9.78 Å². The average molecular weight is 203 g/mol. The van der Waals surface area contributed by atoms with Crippen molar-refractivity contribution in [2.24, 2.45) is 0 Å². The third-order valence-electron chi connectivity index (χ3n) is 2.03. The summed E-state index contributed by atoms with van der Waals surface area (Å²) in [5, 5.41) is 8.78. The lowest BCUT2D eigenvalue weighted by Gasteiger charge is -2.02. The molecule has 0 amide bonds. The van der Waals surface area contributed by atoms with E-state index in [1.54, 1.807) is 30.0 Å². The third kappa shape index (κ3) is 1.71.